The molecule has 0 aromatic carbocycles. The van der Waals surface area contributed by atoms with Gasteiger partial charge < -0.3 is 9.79 Å². The van der Waals surface area contributed by atoms with E-state index in [0.717, 1.165) is 15.1 Å². The molecule has 0 saturated carbocycles. The van der Waals surface area contributed by atoms with Crippen molar-refractivity contribution in [3.8, 4) is 0 Å². The van der Waals surface area contributed by atoms with Gasteiger partial charge in [0, 0.05) is 0 Å². The van der Waals surface area contributed by atoms with Crippen LogP contribution in [-0.2, 0) is 4.57 Å². The number of hydrogen-bond donors (Lipinski definition) is 2. The first-order valence-electron chi connectivity index (χ1n) is 2.31. The van der Waals surface area contributed by atoms with E-state index >= 15 is 0 Å². The predicted molar refractivity (Wildman–Crippen MR) is 43.7 cm³/mol. The molecule has 0 fully saturated rings. The summed E-state index contributed by atoms with van der Waals surface area (Å²) in [6.45, 7) is 0. The second-order valence-corrected chi connectivity index (χ2v) is 5.96. The Hall–Kier alpha value is 0.330. The Balaban J connectivity index is 3.08. The lowest BCUT2D eigenvalue weighted by Crippen LogP contribution is -1.94. The van der Waals surface area contributed by atoms with E-state index in [2.05, 4.69) is 15.9 Å². The molecule has 1 aromatic heterocycles. The third kappa shape index (κ3) is 1.90. The Morgan fingerprint density at radius 1 is 1.50 bits per heavy atom. The molecule has 0 aliphatic heterocycles. The first kappa shape index (κ1) is 8.43. The zero-order chi connectivity index (χ0) is 7.78. The van der Waals surface area contributed by atoms with Crippen molar-refractivity contribution in [2.45, 2.75) is 0 Å². The quantitative estimate of drug-likeness (QED) is 0.731. The van der Waals surface area contributed by atoms with Crippen LogP contribution in [0, 0.1) is 0 Å². The van der Waals surface area contributed by atoms with Gasteiger partial charge in [-0.3, -0.25) is 4.57 Å². The molecule has 1 aromatic rings. The zero-order valence-electron chi connectivity index (χ0n) is 4.69. The largest absolute Gasteiger partial charge is 0.366 e. The van der Waals surface area contributed by atoms with Crippen molar-refractivity contribution in [2.75, 3.05) is 0 Å². The maximum atomic E-state index is 10.5. The topological polar surface area (TPSA) is 57.5 Å². The van der Waals surface area contributed by atoms with Crippen molar-refractivity contribution in [3.05, 3.63) is 15.9 Å². The maximum absolute atomic E-state index is 10.5. The molecule has 0 aliphatic carbocycles. The maximum Gasteiger partial charge on any atom is 0.366 e. The Bertz CT molecular complexity index is 278. The average Bonchev–Trinajstić information content (AvgIpc) is 2.11. The lowest BCUT2D eigenvalue weighted by atomic mass is 10.7. The van der Waals surface area contributed by atoms with Gasteiger partial charge in [-0.15, -0.1) is 11.3 Å². The highest BCUT2D eigenvalue weighted by atomic mass is 79.9. The average molecular weight is 243 g/mol. The molecular formula is C4H4BrO3PS. The summed E-state index contributed by atoms with van der Waals surface area (Å²) in [5.41, 5.74) is 0. The van der Waals surface area contributed by atoms with E-state index in [9.17, 15) is 4.57 Å². The van der Waals surface area contributed by atoms with Gasteiger partial charge in [-0.1, -0.05) is 0 Å². The SMILES string of the molecule is O=P(O)(O)c1ccc(Br)s1. The molecule has 0 spiro atoms. The van der Waals surface area contributed by atoms with E-state index in [1.54, 1.807) is 6.07 Å². The highest BCUT2D eigenvalue weighted by Gasteiger charge is 2.18. The van der Waals surface area contributed by atoms with Gasteiger partial charge >= 0.3 is 7.60 Å². The molecule has 56 valence electrons. The van der Waals surface area contributed by atoms with Gasteiger partial charge in [-0.25, -0.2) is 0 Å². The molecule has 3 nitrogen and oxygen atoms in total. The zero-order valence-corrected chi connectivity index (χ0v) is 7.99. The number of hydrogen-bond acceptors (Lipinski definition) is 2. The number of thiophene rings is 1. The van der Waals surface area contributed by atoms with Crippen molar-refractivity contribution in [2.24, 2.45) is 0 Å². The molecule has 1 rings (SSSR count). The predicted octanol–water partition coefficient (Wildman–Crippen LogP) is 1.31. The Morgan fingerprint density at radius 3 is 2.30 bits per heavy atom. The summed E-state index contributed by atoms with van der Waals surface area (Å²) in [6, 6.07) is 3.02. The molecule has 2 N–H and O–H groups in total. The van der Waals surface area contributed by atoms with Crippen molar-refractivity contribution >= 4 is 39.5 Å². The van der Waals surface area contributed by atoms with Crippen LogP contribution in [0.3, 0.4) is 0 Å². The van der Waals surface area contributed by atoms with Gasteiger partial charge in [0.25, 0.3) is 0 Å². The van der Waals surface area contributed by atoms with Gasteiger partial charge in [0.05, 0.1) is 3.79 Å². The van der Waals surface area contributed by atoms with Crippen LogP contribution in [0.15, 0.2) is 15.9 Å². The van der Waals surface area contributed by atoms with Crippen LogP contribution in [0.25, 0.3) is 0 Å². The minimum absolute atomic E-state index is 0.0966. The van der Waals surface area contributed by atoms with Crippen LogP contribution in [-0.4, -0.2) is 9.79 Å². The fraction of sp³-hybridized carbons (Fsp3) is 0. The van der Waals surface area contributed by atoms with Gasteiger partial charge in [0.15, 0.2) is 0 Å². The van der Waals surface area contributed by atoms with Crippen molar-refractivity contribution in [3.63, 3.8) is 0 Å². The Labute approximate surface area is 70.0 Å². The summed E-state index contributed by atoms with van der Waals surface area (Å²) in [5.74, 6) is 0. The van der Waals surface area contributed by atoms with E-state index in [0.29, 0.717) is 0 Å². The Morgan fingerprint density at radius 2 is 2.10 bits per heavy atom. The van der Waals surface area contributed by atoms with E-state index < -0.39 is 7.60 Å². The van der Waals surface area contributed by atoms with Crippen LogP contribution in [0.5, 0.6) is 0 Å². The van der Waals surface area contributed by atoms with Gasteiger partial charge in [-0.2, -0.15) is 0 Å². The molecule has 0 bridgehead atoms. The van der Waals surface area contributed by atoms with Crippen LogP contribution >= 0.6 is 34.9 Å². The van der Waals surface area contributed by atoms with Crippen molar-refractivity contribution in [1.82, 2.24) is 0 Å². The van der Waals surface area contributed by atoms with Gasteiger partial charge in [0.2, 0.25) is 0 Å². The van der Waals surface area contributed by atoms with Gasteiger partial charge in [-0.05, 0) is 28.1 Å². The molecular weight excluding hydrogens is 239 g/mol. The van der Waals surface area contributed by atoms with E-state index in [-0.39, 0.29) is 4.62 Å². The fourth-order valence-electron chi connectivity index (χ4n) is 0.461. The number of halogens is 1. The molecule has 0 amide bonds. The summed E-state index contributed by atoms with van der Waals surface area (Å²) >= 11 is 4.15. The normalized spacial score (nSPS) is 11.9. The molecule has 0 aliphatic rings. The lowest BCUT2D eigenvalue weighted by Gasteiger charge is -1.96. The minimum atomic E-state index is -4.01. The highest BCUT2D eigenvalue weighted by molar-refractivity contribution is 9.11. The molecule has 1 heterocycles. The van der Waals surface area contributed by atoms with Gasteiger partial charge in [0.1, 0.15) is 4.62 Å². The molecule has 0 radical (unpaired) electrons. The minimum Gasteiger partial charge on any atom is -0.320 e. The monoisotopic (exact) mass is 242 g/mol. The summed E-state index contributed by atoms with van der Waals surface area (Å²) < 4.78 is 11.4. The molecule has 0 unspecified atom stereocenters. The third-order valence-corrected chi connectivity index (χ3v) is 3.98. The standard InChI is InChI=1S/C4H4BrO3PS/c5-3-1-2-4(10-3)9(6,7)8/h1-2H,(H2,6,7,8). The van der Waals surface area contributed by atoms with Crippen molar-refractivity contribution in [1.29, 1.82) is 0 Å². The first-order valence-corrected chi connectivity index (χ1v) is 5.54. The highest BCUT2D eigenvalue weighted by Crippen LogP contribution is 2.37. The smallest absolute Gasteiger partial charge is 0.320 e. The van der Waals surface area contributed by atoms with Crippen LogP contribution in [0.4, 0.5) is 0 Å². The molecule has 6 heteroatoms. The molecule has 0 saturated heterocycles. The molecule has 10 heavy (non-hydrogen) atoms. The molecule has 0 atom stereocenters. The third-order valence-electron chi connectivity index (χ3n) is 0.846. The fourth-order valence-corrected chi connectivity index (χ4v) is 3.00. The second-order valence-electron chi connectivity index (χ2n) is 1.62. The van der Waals surface area contributed by atoms with Crippen LogP contribution in [0.2, 0.25) is 0 Å². The van der Waals surface area contributed by atoms with Crippen LogP contribution < -0.4 is 4.62 Å². The van der Waals surface area contributed by atoms with E-state index in [4.69, 9.17) is 9.79 Å². The Kier molecular flexibility index (Phi) is 2.32. The lowest BCUT2D eigenvalue weighted by molar-refractivity contribution is 0.388. The summed E-state index contributed by atoms with van der Waals surface area (Å²) in [4.78, 5) is 17.2. The second kappa shape index (κ2) is 2.75. The summed E-state index contributed by atoms with van der Waals surface area (Å²) in [5, 5.41) is 0. The first-order chi connectivity index (χ1) is 4.50. The number of rotatable bonds is 1. The van der Waals surface area contributed by atoms with E-state index in [1.807, 2.05) is 0 Å². The van der Waals surface area contributed by atoms with Crippen molar-refractivity contribution < 1.29 is 14.4 Å². The summed E-state index contributed by atoms with van der Waals surface area (Å²) in [6.07, 6.45) is 0. The summed E-state index contributed by atoms with van der Waals surface area (Å²) in [7, 11) is -4.01. The van der Waals surface area contributed by atoms with E-state index in [1.165, 1.54) is 6.07 Å². The van der Waals surface area contributed by atoms with Crippen LogP contribution in [0.1, 0.15) is 0 Å².